The Labute approximate surface area is 116 Å². The van der Waals surface area contributed by atoms with Gasteiger partial charge >= 0.3 is 11.9 Å². The van der Waals surface area contributed by atoms with Crippen LogP contribution < -0.4 is 0 Å². The Balaban J connectivity index is 2.38. The highest BCUT2D eigenvalue weighted by Crippen LogP contribution is 2.20. The number of para-hydroxylation sites is 2. The quantitative estimate of drug-likeness (QED) is 0.665. The Morgan fingerprint density at radius 1 is 1.15 bits per heavy atom. The lowest BCUT2D eigenvalue weighted by Crippen LogP contribution is -2.27. The molecule has 2 aromatic rings. The van der Waals surface area contributed by atoms with Crippen LogP contribution in [0.3, 0.4) is 0 Å². The molecule has 2 rings (SSSR count). The minimum Gasteiger partial charge on any atom is -0.465 e. The number of fused-ring (bicyclic) bond motifs is 1. The van der Waals surface area contributed by atoms with Gasteiger partial charge in [-0.25, -0.2) is 4.98 Å². The van der Waals surface area contributed by atoms with E-state index < -0.39 is 17.9 Å². The van der Waals surface area contributed by atoms with Crippen molar-refractivity contribution in [1.82, 2.24) is 9.97 Å². The molecule has 0 unspecified atom stereocenters. The van der Waals surface area contributed by atoms with Crippen LogP contribution in [0.15, 0.2) is 24.3 Å². The minimum absolute atomic E-state index is 0.189. The molecule has 1 N–H and O–H groups in total. The second-order valence-corrected chi connectivity index (χ2v) is 4.08. The van der Waals surface area contributed by atoms with Crippen LogP contribution in [0.25, 0.3) is 11.0 Å². The third-order valence-electron chi connectivity index (χ3n) is 2.73. The van der Waals surface area contributed by atoms with Crippen molar-refractivity contribution in [1.29, 1.82) is 0 Å². The number of aromatic nitrogens is 2. The lowest BCUT2D eigenvalue weighted by atomic mass is 10.1. The molecular weight excluding hydrogens is 260 g/mol. The highest BCUT2D eigenvalue weighted by atomic mass is 16.6. The van der Waals surface area contributed by atoms with Gasteiger partial charge in [0.1, 0.15) is 5.82 Å². The predicted octanol–water partition coefficient (Wildman–Crippen LogP) is 1.77. The number of benzene rings is 1. The zero-order valence-corrected chi connectivity index (χ0v) is 11.4. The fraction of sp³-hybridized carbons (Fsp3) is 0.357. The van der Waals surface area contributed by atoms with E-state index in [0.29, 0.717) is 5.52 Å². The molecule has 0 aliphatic carbocycles. The van der Waals surface area contributed by atoms with Crippen LogP contribution in [0.2, 0.25) is 0 Å². The van der Waals surface area contributed by atoms with E-state index in [9.17, 15) is 9.59 Å². The van der Waals surface area contributed by atoms with Gasteiger partial charge in [0, 0.05) is 0 Å². The molecule has 1 aromatic heterocycles. The van der Waals surface area contributed by atoms with E-state index in [2.05, 4.69) is 9.97 Å². The third kappa shape index (κ3) is 2.79. The average Bonchev–Trinajstić information content (AvgIpc) is 2.82. The highest BCUT2D eigenvalue weighted by molar-refractivity contribution is 6.00. The lowest BCUT2D eigenvalue weighted by molar-refractivity contribution is -0.157. The van der Waals surface area contributed by atoms with E-state index in [4.69, 9.17) is 9.47 Å². The van der Waals surface area contributed by atoms with Crippen LogP contribution in [0.5, 0.6) is 0 Å². The molecule has 0 saturated heterocycles. The van der Waals surface area contributed by atoms with E-state index in [-0.39, 0.29) is 19.0 Å². The van der Waals surface area contributed by atoms with Crippen molar-refractivity contribution in [3.63, 3.8) is 0 Å². The molecule has 0 atom stereocenters. The minimum atomic E-state index is -1.18. The number of ether oxygens (including phenoxy) is 2. The number of nitrogens with zero attached hydrogens (tertiary/aromatic N) is 1. The number of hydrogen-bond donors (Lipinski definition) is 1. The molecule has 6 heteroatoms. The zero-order chi connectivity index (χ0) is 14.5. The summed E-state index contributed by atoms with van der Waals surface area (Å²) >= 11 is 0. The molecule has 0 amide bonds. The SMILES string of the molecule is CCOC(=O)C(C(=O)OCC)c1nc2ccccc2[nH]1. The van der Waals surface area contributed by atoms with Crippen molar-refractivity contribution in [3.05, 3.63) is 30.1 Å². The van der Waals surface area contributed by atoms with Crippen LogP contribution in [0.1, 0.15) is 25.6 Å². The van der Waals surface area contributed by atoms with Gasteiger partial charge in [-0.05, 0) is 26.0 Å². The van der Waals surface area contributed by atoms with E-state index >= 15 is 0 Å². The van der Waals surface area contributed by atoms with Crippen molar-refractivity contribution in [2.75, 3.05) is 13.2 Å². The monoisotopic (exact) mass is 276 g/mol. The van der Waals surface area contributed by atoms with Crippen molar-refractivity contribution < 1.29 is 19.1 Å². The van der Waals surface area contributed by atoms with Crippen LogP contribution >= 0.6 is 0 Å². The Morgan fingerprint density at radius 2 is 1.75 bits per heavy atom. The number of carbonyl (C=O) groups is 2. The van der Waals surface area contributed by atoms with Gasteiger partial charge in [0.05, 0.1) is 24.2 Å². The van der Waals surface area contributed by atoms with Gasteiger partial charge in [-0.2, -0.15) is 0 Å². The van der Waals surface area contributed by atoms with Gasteiger partial charge in [0.25, 0.3) is 0 Å². The van der Waals surface area contributed by atoms with Gasteiger partial charge < -0.3 is 14.5 Å². The molecule has 0 fully saturated rings. The first-order valence-electron chi connectivity index (χ1n) is 6.45. The van der Waals surface area contributed by atoms with Crippen molar-refractivity contribution in [2.45, 2.75) is 19.8 Å². The lowest BCUT2D eigenvalue weighted by Gasteiger charge is -2.11. The Bertz CT molecular complexity index is 569. The maximum Gasteiger partial charge on any atom is 0.328 e. The summed E-state index contributed by atoms with van der Waals surface area (Å²) in [5.41, 5.74) is 1.43. The molecule has 1 aromatic carbocycles. The Hall–Kier alpha value is -2.37. The Kier molecular flexibility index (Phi) is 4.34. The number of rotatable bonds is 5. The molecule has 20 heavy (non-hydrogen) atoms. The van der Waals surface area contributed by atoms with Crippen molar-refractivity contribution >= 4 is 23.0 Å². The van der Waals surface area contributed by atoms with Crippen molar-refractivity contribution in [3.8, 4) is 0 Å². The van der Waals surface area contributed by atoms with Crippen LogP contribution in [0, 0.1) is 0 Å². The first-order valence-corrected chi connectivity index (χ1v) is 6.45. The second-order valence-electron chi connectivity index (χ2n) is 4.08. The number of nitrogens with one attached hydrogen (secondary N) is 1. The number of esters is 2. The molecule has 0 bridgehead atoms. The van der Waals surface area contributed by atoms with Gasteiger partial charge in [0.15, 0.2) is 0 Å². The van der Waals surface area contributed by atoms with Gasteiger partial charge in [-0.3, -0.25) is 9.59 Å². The summed E-state index contributed by atoms with van der Waals surface area (Å²) in [6.45, 7) is 3.74. The summed E-state index contributed by atoms with van der Waals surface area (Å²) in [6.07, 6.45) is 0. The second kappa shape index (κ2) is 6.18. The molecule has 0 spiro atoms. The van der Waals surface area contributed by atoms with E-state index in [1.54, 1.807) is 19.9 Å². The first kappa shape index (κ1) is 14.0. The van der Waals surface area contributed by atoms with E-state index in [1.807, 2.05) is 18.2 Å². The first-order chi connectivity index (χ1) is 9.67. The summed E-state index contributed by atoms with van der Waals surface area (Å²) in [6, 6.07) is 7.28. The number of hydrogen-bond acceptors (Lipinski definition) is 5. The standard InChI is InChI=1S/C14H16N2O4/c1-3-19-13(17)11(14(18)20-4-2)12-15-9-7-5-6-8-10(9)16-12/h5-8,11H,3-4H2,1-2H3,(H,15,16). The normalized spacial score (nSPS) is 10.8. The Morgan fingerprint density at radius 3 is 2.30 bits per heavy atom. The van der Waals surface area contributed by atoms with Gasteiger partial charge in [0.2, 0.25) is 5.92 Å². The van der Waals surface area contributed by atoms with Gasteiger partial charge in [-0.15, -0.1) is 0 Å². The highest BCUT2D eigenvalue weighted by Gasteiger charge is 2.34. The third-order valence-corrected chi connectivity index (χ3v) is 2.73. The summed E-state index contributed by atoms with van der Waals surface area (Å²) in [7, 11) is 0. The van der Waals surface area contributed by atoms with Crippen LogP contribution in [-0.2, 0) is 19.1 Å². The number of aromatic amines is 1. The van der Waals surface area contributed by atoms with Crippen molar-refractivity contribution in [2.24, 2.45) is 0 Å². The molecule has 1 heterocycles. The fourth-order valence-corrected chi connectivity index (χ4v) is 1.88. The molecule has 0 radical (unpaired) electrons. The number of H-pyrrole nitrogens is 1. The summed E-state index contributed by atoms with van der Waals surface area (Å²) in [5.74, 6) is -2.26. The van der Waals surface area contributed by atoms with Gasteiger partial charge in [-0.1, -0.05) is 12.1 Å². The topological polar surface area (TPSA) is 81.3 Å². The zero-order valence-electron chi connectivity index (χ0n) is 11.4. The number of carbonyl (C=O) groups excluding carboxylic acids is 2. The molecule has 0 aliphatic rings. The number of imidazole rings is 1. The summed E-state index contributed by atoms with van der Waals surface area (Å²) in [5, 5.41) is 0. The summed E-state index contributed by atoms with van der Waals surface area (Å²) < 4.78 is 9.84. The molecule has 0 saturated carbocycles. The maximum absolute atomic E-state index is 12.0. The fourth-order valence-electron chi connectivity index (χ4n) is 1.88. The van der Waals surface area contributed by atoms with E-state index in [0.717, 1.165) is 5.52 Å². The summed E-state index contributed by atoms with van der Waals surface area (Å²) in [4.78, 5) is 31.1. The smallest absolute Gasteiger partial charge is 0.328 e. The van der Waals surface area contributed by atoms with E-state index in [1.165, 1.54) is 0 Å². The van der Waals surface area contributed by atoms with Crippen LogP contribution in [-0.4, -0.2) is 35.1 Å². The molecule has 0 aliphatic heterocycles. The molecular formula is C14H16N2O4. The molecule has 6 nitrogen and oxygen atoms in total. The average molecular weight is 276 g/mol. The predicted molar refractivity (Wildman–Crippen MR) is 72.1 cm³/mol. The largest absolute Gasteiger partial charge is 0.465 e. The molecule has 106 valence electrons. The van der Waals surface area contributed by atoms with Crippen LogP contribution in [0.4, 0.5) is 0 Å². The maximum atomic E-state index is 12.0.